The van der Waals surface area contributed by atoms with E-state index in [9.17, 15) is 9.18 Å². The molecule has 1 aromatic rings. The summed E-state index contributed by atoms with van der Waals surface area (Å²) in [7, 11) is 0. The number of hydrogen-bond acceptors (Lipinski definition) is 1. The Labute approximate surface area is 105 Å². The third kappa shape index (κ3) is 2.96. The Morgan fingerprint density at radius 2 is 2.06 bits per heavy atom. The van der Waals surface area contributed by atoms with E-state index in [0.717, 1.165) is 18.9 Å². The fraction of sp³-hybridized carbons (Fsp3) is 0.417. The lowest BCUT2D eigenvalue weighted by molar-refractivity contribution is 0.0923. The molecular weight excluding hydrogens is 250 g/mol. The van der Waals surface area contributed by atoms with Crippen LogP contribution in [-0.4, -0.2) is 5.78 Å². The summed E-state index contributed by atoms with van der Waals surface area (Å²) in [6.07, 6.45) is 1.65. The minimum absolute atomic E-state index is 0.141. The van der Waals surface area contributed by atoms with Crippen molar-refractivity contribution >= 4 is 29.0 Å². The summed E-state index contributed by atoms with van der Waals surface area (Å²) >= 11 is 11.4. The molecule has 4 heteroatoms. The average Bonchev–Trinajstić information content (AvgIpc) is 2.22. The summed E-state index contributed by atoms with van der Waals surface area (Å²) in [5.41, 5.74) is 0.174. The molecule has 16 heavy (non-hydrogen) atoms. The molecule has 0 fully saturated rings. The normalized spacial score (nSPS) is 12.6. The van der Waals surface area contributed by atoms with E-state index in [1.807, 2.05) is 6.92 Å². The minimum Gasteiger partial charge on any atom is -0.294 e. The van der Waals surface area contributed by atoms with Gasteiger partial charge in [-0.3, -0.25) is 4.79 Å². The fourth-order valence-electron chi connectivity index (χ4n) is 1.56. The van der Waals surface area contributed by atoms with E-state index < -0.39 is 5.82 Å². The van der Waals surface area contributed by atoms with Crippen LogP contribution < -0.4 is 0 Å². The molecule has 1 aromatic carbocycles. The summed E-state index contributed by atoms with van der Waals surface area (Å²) in [6.45, 7) is 3.80. The highest BCUT2D eigenvalue weighted by atomic mass is 35.5. The van der Waals surface area contributed by atoms with E-state index in [4.69, 9.17) is 23.2 Å². The van der Waals surface area contributed by atoms with Crippen molar-refractivity contribution in [3.05, 3.63) is 33.6 Å². The highest BCUT2D eigenvalue weighted by Gasteiger charge is 2.20. The van der Waals surface area contributed by atoms with Crippen LogP contribution in [0.4, 0.5) is 4.39 Å². The summed E-state index contributed by atoms with van der Waals surface area (Å²) in [6, 6.07) is 2.52. The monoisotopic (exact) mass is 262 g/mol. The number of Topliss-reactive ketones (excluding diaryl/α,β-unsaturated/α-hetero) is 1. The Bertz CT molecular complexity index is 404. The summed E-state index contributed by atoms with van der Waals surface area (Å²) in [5, 5.41) is 0.0475. The van der Waals surface area contributed by atoms with Crippen molar-refractivity contribution in [2.75, 3.05) is 0 Å². The molecule has 1 atom stereocenters. The number of carbonyl (C=O) groups is 1. The fourth-order valence-corrected chi connectivity index (χ4v) is 1.97. The smallest absolute Gasteiger partial charge is 0.167 e. The lowest BCUT2D eigenvalue weighted by Crippen LogP contribution is -2.12. The molecule has 1 rings (SSSR count). The molecule has 0 aliphatic heterocycles. The van der Waals surface area contributed by atoms with Crippen LogP contribution in [0.1, 0.15) is 37.0 Å². The maximum Gasteiger partial charge on any atom is 0.167 e. The molecule has 0 saturated carbocycles. The molecule has 0 radical (unpaired) electrons. The van der Waals surface area contributed by atoms with Crippen LogP contribution in [0.2, 0.25) is 10.0 Å². The van der Waals surface area contributed by atoms with Crippen molar-refractivity contribution in [2.24, 2.45) is 5.92 Å². The first-order valence-electron chi connectivity index (χ1n) is 5.16. The van der Waals surface area contributed by atoms with Crippen LogP contribution in [0.3, 0.4) is 0 Å². The highest BCUT2D eigenvalue weighted by Crippen LogP contribution is 2.27. The van der Waals surface area contributed by atoms with Gasteiger partial charge >= 0.3 is 0 Å². The Hall–Kier alpha value is -0.600. The van der Waals surface area contributed by atoms with E-state index >= 15 is 0 Å². The number of benzene rings is 1. The van der Waals surface area contributed by atoms with Gasteiger partial charge in [0.25, 0.3) is 0 Å². The van der Waals surface area contributed by atoms with Crippen LogP contribution in [0, 0.1) is 11.7 Å². The van der Waals surface area contributed by atoms with Gasteiger partial charge in [0.05, 0.1) is 5.02 Å². The largest absolute Gasteiger partial charge is 0.294 e. The molecule has 0 saturated heterocycles. The first kappa shape index (κ1) is 13.5. The molecule has 0 aliphatic rings. The quantitative estimate of drug-likeness (QED) is 0.565. The van der Waals surface area contributed by atoms with E-state index in [-0.39, 0.29) is 27.3 Å². The molecule has 0 N–H and O–H groups in total. The van der Waals surface area contributed by atoms with Gasteiger partial charge < -0.3 is 0 Å². The Balaban J connectivity index is 3.08. The molecule has 1 unspecified atom stereocenters. The first-order valence-corrected chi connectivity index (χ1v) is 5.91. The number of rotatable bonds is 4. The lowest BCUT2D eigenvalue weighted by Gasteiger charge is -2.11. The molecule has 0 aromatic heterocycles. The molecule has 1 nitrogen and oxygen atoms in total. The minimum atomic E-state index is -0.652. The second kappa shape index (κ2) is 5.65. The molecule has 88 valence electrons. The van der Waals surface area contributed by atoms with Crippen LogP contribution in [0.5, 0.6) is 0 Å². The van der Waals surface area contributed by atoms with E-state index in [1.165, 1.54) is 6.07 Å². The van der Waals surface area contributed by atoms with Crippen molar-refractivity contribution in [1.82, 2.24) is 0 Å². The van der Waals surface area contributed by atoms with Gasteiger partial charge in [-0.1, -0.05) is 43.5 Å². The Morgan fingerprint density at radius 1 is 1.44 bits per heavy atom. The summed E-state index contributed by atoms with van der Waals surface area (Å²) in [4.78, 5) is 12.0. The van der Waals surface area contributed by atoms with Crippen LogP contribution in [-0.2, 0) is 0 Å². The van der Waals surface area contributed by atoms with Crippen LogP contribution in [0.25, 0.3) is 0 Å². The highest BCUT2D eigenvalue weighted by molar-refractivity contribution is 6.36. The number of hydrogen-bond donors (Lipinski definition) is 0. The van der Waals surface area contributed by atoms with Gasteiger partial charge in [-0.15, -0.1) is 0 Å². The predicted molar refractivity (Wildman–Crippen MR) is 64.8 cm³/mol. The molecule has 0 amide bonds. The van der Waals surface area contributed by atoms with E-state index in [2.05, 4.69) is 0 Å². The maximum absolute atomic E-state index is 13.3. The van der Waals surface area contributed by atoms with Gasteiger partial charge in [-0.05, 0) is 18.6 Å². The molecule has 0 bridgehead atoms. The standard InChI is InChI=1S/C12H13Cl2FO/c1-3-4-7(2)12(16)9-5-8(13)6-10(15)11(9)14/h5-7H,3-4H2,1-2H3. The maximum atomic E-state index is 13.3. The SMILES string of the molecule is CCCC(C)C(=O)c1cc(Cl)cc(F)c1Cl. The molecular formula is C12H13Cl2FO. The van der Waals surface area contributed by atoms with Crippen molar-refractivity contribution in [3.8, 4) is 0 Å². The van der Waals surface area contributed by atoms with Gasteiger partial charge in [0, 0.05) is 16.5 Å². The second-order valence-corrected chi connectivity index (χ2v) is 4.62. The lowest BCUT2D eigenvalue weighted by atomic mass is 9.95. The summed E-state index contributed by atoms with van der Waals surface area (Å²) < 4.78 is 13.3. The summed E-state index contributed by atoms with van der Waals surface area (Å²) in [5.74, 6) is -0.977. The second-order valence-electron chi connectivity index (χ2n) is 3.80. The van der Waals surface area contributed by atoms with Gasteiger partial charge in [-0.25, -0.2) is 4.39 Å². The Morgan fingerprint density at radius 3 is 2.62 bits per heavy atom. The van der Waals surface area contributed by atoms with Crippen molar-refractivity contribution in [1.29, 1.82) is 0 Å². The molecule has 0 aliphatic carbocycles. The van der Waals surface area contributed by atoms with Gasteiger partial charge in [-0.2, -0.15) is 0 Å². The van der Waals surface area contributed by atoms with Crippen LogP contribution in [0.15, 0.2) is 12.1 Å². The Kier molecular flexibility index (Phi) is 4.75. The van der Waals surface area contributed by atoms with E-state index in [0.29, 0.717) is 0 Å². The number of carbonyl (C=O) groups excluding carboxylic acids is 1. The van der Waals surface area contributed by atoms with Crippen LogP contribution >= 0.6 is 23.2 Å². The zero-order valence-electron chi connectivity index (χ0n) is 9.19. The van der Waals surface area contributed by atoms with Crippen molar-refractivity contribution in [2.45, 2.75) is 26.7 Å². The molecule has 0 heterocycles. The first-order chi connectivity index (χ1) is 7.47. The van der Waals surface area contributed by atoms with Gasteiger partial charge in [0.2, 0.25) is 0 Å². The third-order valence-electron chi connectivity index (χ3n) is 2.43. The number of halogens is 3. The van der Waals surface area contributed by atoms with Gasteiger partial charge in [0.15, 0.2) is 5.78 Å². The van der Waals surface area contributed by atoms with Crippen molar-refractivity contribution < 1.29 is 9.18 Å². The van der Waals surface area contributed by atoms with Crippen molar-refractivity contribution in [3.63, 3.8) is 0 Å². The predicted octanol–water partition coefficient (Wildman–Crippen LogP) is 4.75. The topological polar surface area (TPSA) is 17.1 Å². The number of ketones is 1. The zero-order chi connectivity index (χ0) is 12.3. The van der Waals surface area contributed by atoms with E-state index in [1.54, 1.807) is 6.92 Å². The molecule has 0 spiro atoms. The zero-order valence-corrected chi connectivity index (χ0v) is 10.7. The third-order valence-corrected chi connectivity index (χ3v) is 3.03. The van der Waals surface area contributed by atoms with Gasteiger partial charge in [0.1, 0.15) is 5.82 Å². The average molecular weight is 263 g/mol.